The molecule has 2 amide bonds. The van der Waals surface area contributed by atoms with Gasteiger partial charge in [-0.3, -0.25) is 9.59 Å². The Morgan fingerprint density at radius 2 is 1.87 bits per heavy atom. The van der Waals surface area contributed by atoms with Gasteiger partial charge in [0.25, 0.3) is 11.8 Å². The second kappa shape index (κ2) is 9.76. The van der Waals surface area contributed by atoms with E-state index >= 15 is 0 Å². The first kappa shape index (κ1) is 21.1. The summed E-state index contributed by atoms with van der Waals surface area (Å²) in [7, 11) is 1.48. The van der Waals surface area contributed by atoms with Crippen LogP contribution in [0.5, 0.6) is 5.75 Å². The zero-order valence-electron chi connectivity index (χ0n) is 17.0. The fourth-order valence-electron chi connectivity index (χ4n) is 3.25. The summed E-state index contributed by atoms with van der Waals surface area (Å²) in [4.78, 5) is 25.6. The molecule has 0 radical (unpaired) electrons. The molecule has 3 rings (SSSR count). The van der Waals surface area contributed by atoms with Crippen LogP contribution in [0.2, 0.25) is 0 Å². The SMILES string of the molecule is CCn1cc(C=C(NC(=O)c2ccccc2OC)C(=O)NCCO)c2ccccc21. The van der Waals surface area contributed by atoms with Gasteiger partial charge >= 0.3 is 0 Å². The van der Waals surface area contributed by atoms with Gasteiger partial charge in [-0.1, -0.05) is 30.3 Å². The van der Waals surface area contributed by atoms with E-state index in [0.717, 1.165) is 23.0 Å². The third-order valence-electron chi connectivity index (χ3n) is 4.70. The van der Waals surface area contributed by atoms with Crippen molar-refractivity contribution in [2.45, 2.75) is 13.5 Å². The first-order valence-corrected chi connectivity index (χ1v) is 9.72. The lowest BCUT2D eigenvalue weighted by Crippen LogP contribution is -2.36. The van der Waals surface area contributed by atoms with Gasteiger partial charge in [-0.25, -0.2) is 0 Å². The molecule has 0 saturated heterocycles. The van der Waals surface area contributed by atoms with Gasteiger partial charge in [0, 0.05) is 35.8 Å². The average Bonchev–Trinajstić information content (AvgIpc) is 3.14. The van der Waals surface area contributed by atoms with Gasteiger partial charge in [0.05, 0.1) is 19.3 Å². The summed E-state index contributed by atoms with van der Waals surface area (Å²) in [6, 6.07) is 14.7. The minimum atomic E-state index is -0.486. The second-order valence-electron chi connectivity index (χ2n) is 6.58. The second-order valence-corrected chi connectivity index (χ2v) is 6.58. The Labute approximate surface area is 175 Å². The van der Waals surface area contributed by atoms with Crippen molar-refractivity contribution >= 4 is 28.8 Å². The van der Waals surface area contributed by atoms with Crippen LogP contribution in [0.15, 0.2) is 60.4 Å². The lowest BCUT2D eigenvalue weighted by atomic mass is 10.1. The Bertz CT molecular complexity index is 1080. The standard InChI is InChI=1S/C23H25N3O4/c1-3-26-15-16(17-8-4-6-10-20(17)26)14-19(23(29)24-12-13-27)25-22(28)18-9-5-7-11-21(18)30-2/h4-11,14-15,27H,3,12-13H2,1-2H3,(H,24,29)(H,25,28). The molecule has 0 saturated carbocycles. The molecule has 0 unspecified atom stereocenters. The highest BCUT2D eigenvalue weighted by molar-refractivity contribution is 6.07. The smallest absolute Gasteiger partial charge is 0.267 e. The van der Waals surface area contributed by atoms with Crippen LogP contribution in [0, 0.1) is 0 Å². The number of aryl methyl sites for hydroxylation is 1. The van der Waals surface area contributed by atoms with Gasteiger partial charge in [0.1, 0.15) is 11.4 Å². The van der Waals surface area contributed by atoms with Crippen molar-refractivity contribution < 1.29 is 19.4 Å². The maximum atomic E-state index is 12.9. The molecule has 0 aliphatic carbocycles. The van der Waals surface area contributed by atoms with E-state index in [1.165, 1.54) is 7.11 Å². The number of aliphatic hydroxyl groups is 1. The number of aliphatic hydroxyl groups excluding tert-OH is 1. The monoisotopic (exact) mass is 407 g/mol. The van der Waals surface area contributed by atoms with Gasteiger partial charge < -0.3 is 25.0 Å². The van der Waals surface area contributed by atoms with E-state index in [4.69, 9.17) is 9.84 Å². The normalized spacial score (nSPS) is 11.4. The number of hydrogen-bond donors (Lipinski definition) is 3. The molecule has 0 bridgehead atoms. The third-order valence-corrected chi connectivity index (χ3v) is 4.70. The maximum Gasteiger partial charge on any atom is 0.267 e. The Kier molecular flexibility index (Phi) is 6.87. The first-order valence-electron chi connectivity index (χ1n) is 9.72. The van der Waals surface area contributed by atoms with Crippen molar-refractivity contribution in [1.29, 1.82) is 0 Å². The lowest BCUT2D eigenvalue weighted by molar-refractivity contribution is -0.117. The number of methoxy groups -OCH3 is 1. The number of amides is 2. The first-order chi connectivity index (χ1) is 14.6. The van der Waals surface area contributed by atoms with E-state index in [1.54, 1.807) is 30.3 Å². The topological polar surface area (TPSA) is 92.6 Å². The summed E-state index contributed by atoms with van der Waals surface area (Å²) in [6.45, 7) is 2.69. The fourth-order valence-corrected chi connectivity index (χ4v) is 3.25. The molecule has 0 fully saturated rings. The molecule has 0 atom stereocenters. The Morgan fingerprint density at radius 1 is 1.13 bits per heavy atom. The van der Waals surface area contributed by atoms with E-state index in [9.17, 15) is 9.59 Å². The predicted octanol–water partition coefficient (Wildman–Crippen LogP) is 2.55. The molecule has 3 aromatic rings. The van der Waals surface area contributed by atoms with E-state index in [2.05, 4.69) is 15.2 Å². The van der Waals surface area contributed by atoms with E-state index in [-0.39, 0.29) is 18.8 Å². The van der Waals surface area contributed by atoms with Crippen LogP contribution in [-0.2, 0) is 11.3 Å². The lowest BCUT2D eigenvalue weighted by Gasteiger charge is -2.12. The number of fused-ring (bicyclic) bond motifs is 1. The maximum absolute atomic E-state index is 12.9. The molecule has 7 nitrogen and oxygen atoms in total. The Balaban J connectivity index is 2.01. The highest BCUT2D eigenvalue weighted by atomic mass is 16.5. The number of carbonyl (C=O) groups is 2. The van der Waals surface area contributed by atoms with E-state index < -0.39 is 11.8 Å². The van der Waals surface area contributed by atoms with Gasteiger partial charge in [-0.2, -0.15) is 0 Å². The van der Waals surface area contributed by atoms with Crippen LogP contribution in [0.25, 0.3) is 17.0 Å². The molecule has 30 heavy (non-hydrogen) atoms. The number of hydrogen-bond acceptors (Lipinski definition) is 4. The van der Waals surface area contributed by atoms with Crippen molar-refractivity contribution in [3.05, 3.63) is 71.6 Å². The predicted molar refractivity (Wildman–Crippen MR) is 116 cm³/mol. The summed E-state index contributed by atoms with van der Waals surface area (Å²) >= 11 is 0. The molecule has 2 aromatic carbocycles. The van der Waals surface area contributed by atoms with E-state index in [1.807, 2.05) is 37.4 Å². The zero-order chi connectivity index (χ0) is 21.5. The number of nitrogens with zero attached hydrogens (tertiary/aromatic N) is 1. The molecule has 156 valence electrons. The van der Waals surface area contributed by atoms with E-state index in [0.29, 0.717) is 11.3 Å². The fraction of sp³-hybridized carbons (Fsp3) is 0.217. The highest BCUT2D eigenvalue weighted by Crippen LogP contribution is 2.24. The van der Waals surface area contributed by atoms with Crippen molar-refractivity contribution in [3.63, 3.8) is 0 Å². The van der Waals surface area contributed by atoms with Crippen molar-refractivity contribution in [3.8, 4) is 5.75 Å². The molecule has 0 spiro atoms. The minimum absolute atomic E-state index is 0.0808. The average molecular weight is 407 g/mol. The zero-order valence-corrected chi connectivity index (χ0v) is 17.0. The van der Waals surface area contributed by atoms with Crippen LogP contribution in [0.3, 0.4) is 0 Å². The number of ether oxygens (including phenoxy) is 1. The summed E-state index contributed by atoms with van der Waals surface area (Å²) in [5.74, 6) is -0.537. The number of rotatable bonds is 8. The number of benzene rings is 2. The third kappa shape index (κ3) is 4.52. The van der Waals surface area contributed by atoms with Crippen LogP contribution < -0.4 is 15.4 Å². The van der Waals surface area contributed by atoms with Gasteiger partial charge in [-0.05, 0) is 31.2 Å². The van der Waals surface area contributed by atoms with Crippen LogP contribution in [0.1, 0.15) is 22.8 Å². The largest absolute Gasteiger partial charge is 0.496 e. The van der Waals surface area contributed by atoms with Gasteiger partial charge in [0.2, 0.25) is 0 Å². The summed E-state index contributed by atoms with van der Waals surface area (Å²) in [5, 5.41) is 15.3. The number of nitrogens with one attached hydrogen (secondary N) is 2. The van der Waals surface area contributed by atoms with Crippen molar-refractivity contribution in [1.82, 2.24) is 15.2 Å². The number of carbonyl (C=O) groups excluding carboxylic acids is 2. The van der Waals surface area contributed by atoms with Crippen molar-refractivity contribution in [2.75, 3.05) is 20.3 Å². The molecule has 0 aliphatic rings. The number of para-hydroxylation sites is 2. The van der Waals surface area contributed by atoms with Gasteiger partial charge in [-0.15, -0.1) is 0 Å². The molecule has 0 aliphatic heterocycles. The van der Waals surface area contributed by atoms with Gasteiger partial charge in [0.15, 0.2) is 0 Å². The Hall–Kier alpha value is -3.58. The molecular formula is C23H25N3O4. The molecule has 3 N–H and O–H groups in total. The molecule has 7 heteroatoms. The summed E-state index contributed by atoms with van der Waals surface area (Å²) in [5.41, 5.74) is 2.24. The molecular weight excluding hydrogens is 382 g/mol. The van der Waals surface area contributed by atoms with Crippen LogP contribution in [0.4, 0.5) is 0 Å². The van der Waals surface area contributed by atoms with Crippen LogP contribution in [-0.4, -0.2) is 41.7 Å². The molecule has 1 aromatic heterocycles. The summed E-state index contributed by atoms with van der Waals surface area (Å²) < 4.78 is 7.33. The quantitative estimate of drug-likeness (QED) is 0.501. The number of aromatic nitrogens is 1. The molecule has 1 heterocycles. The minimum Gasteiger partial charge on any atom is -0.496 e. The highest BCUT2D eigenvalue weighted by Gasteiger charge is 2.18. The van der Waals surface area contributed by atoms with Crippen molar-refractivity contribution in [2.24, 2.45) is 0 Å². The Morgan fingerprint density at radius 3 is 2.60 bits per heavy atom. The van der Waals surface area contributed by atoms with Crippen LogP contribution >= 0.6 is 0 Å². The summed E-state index contributed by atoms with van der Waals surface area (Å²) in [6.07, 6.45) is 3.59.